The Balaban J connectivity index is 2.11. The summed E-state index contributed by atoms with van der Waals surface area (Å²) >= 11 is 0. The molecule has 1 aliphatic heterocycles. The summed E-state index contributed by atoms with van der Waals surface area (Å²) in [4.78, 5) is 13.9. The van der Waals surface area contributed by atoms with Crippen molar-refractivity contribution in [2.75, 3.05) is 13.1 Å². The number of carbonyl (C=O) groups is 1. The van der Waals surface area contributed by atoms with Gasteiger partial charge >= 0.3 is 5.97 Å². The van der Waals surface area contributed by atoms with Gasteiger partial charge in [0.15, 0.2) is 0 Å². The largest absolute Gasteiger partial charge is 0.481 e. The maximum absolute atomic E-state index is 11.4. The van der Waals surface area contributed by atoms with Crippen molar-refractivity contribution >= 4 is 5.97 Å². The van der Waals surface area contributed by atoms with Crippen LogP contribution in [0.25, 0.3) is 0 Å². The van der Waals surface area contributed by atoms with E-state index in [2.05, 4.69) is 18.7 Å². The van der Waals surface area contributed by atoms with Gasteiger partial charge in [-0.15, -0.1) is 0 Å². The van der Waals surface area contributed by atoms with Crippen molar-refractivity contribution in [2.45, 2.75) is 65.3 Å². The first-order valence-corrected chi connectivity index (χ1v) is 7.33. The van der Waals surface area contributed by atoms with Crippen molar-refractivity contribution in [2.24, 2.45) is 10.8 Å². The van der Waals surface area contributed by atoms with E-state index in [1.54, 1.807) is 0 Å². The number of piperidine rings is 1. The van der Waals surface area contributed by atoms with Gasteiger partial charge in [-0.2, -0.15) is 0 Å². The van der Waals surface area contributed by atoms with Gasteiger partial charge < -0.3 is 5.11 Å². The van der Waals surface area contributed by atoms with E-state index in [0.717, 1.165) is 25.9 Å². The first-order valence-electron chi connectivity index (χ1n) is 7.33. The Morgan fingerprint density at radius 3 is 2.50 bits per heavy atom. The molecule has 2 atom stereocenters. The van der Waals surface area contributed by atoms with Gasteiger partial charge in [-0.05, 0) is 44.6 Å². The van der Waals surface area contributed by atoms with Crippen molar-refractivity contribution in [3.05, 3.63) is 0 Å². The quantitative estimate of drug-likeness (QED) is 0.822. The minimum atomic E-state index is -0.624. The SMILES string of the molecule is CC1(C(=O)O)CCCN(C2CCCCC2(C)C)C1. The molecule has 0 aromatic carbocycles. The standard InChI is InChI=1S/C15H27NO2/c1-14(2)8-5-4-7-12(14)16-10-6-9-15(3,11-16)13(17)18/h12H,4-11H2,1-3H3,(H,17,18). The van der Waals surface area contributed by atoms with Crippen LogP contribution in [0.15, 0.2) is 0 Å². The summed E-state index contributed by atoms with van der Waals surface area (Å²) in [5.41, 5.74) is -0.194. The summed E-state index contributed by atoms with van der Waals surface area (Å²) in [5, 5.41) is 9.42. The van der Waals surface area contributed by atoms with Crippen molar-refractivity contribution in [3.63, 3.8) is 0 Å². The number of hydrogen-bond donors (Lipinski definition) is 1. The highest BCUT2D eigenvalue weighted by molar-refractivity contribution is 5.74. The molecule has 2 rings (SSSR count). The average molecular weight is 253 g/mol. The zero-order valence-corrected chi connectivity index (χ0v) is 12.0. The van der Waals surface area contributed by atoms with Crippen LogP contribution in [0.5, 0.6) is 0 Å². The van der Waals surface area contributed by atoms with Gasteiger partial charge in [-0.3, -0.25) is 9.69 Å². The number of rotatable bonds is 2. The minimum absolute atomic E-state index is 0.342. The monoisotopic (exact) mass is 253 g/mol. The molecular formula is C15H27NO2. The number of aliphatic carboxylic acids is 1. The van der Waals surface area contributed by atoms with Crippen LogP contribution in [0.4, 0.5) is 0 Å². The van der Waals surface area contributed by atoms with Crippen LogP contribution in [-0.2, 0) is 4.79 Å². The lowest BCUT2D eigenvalue weighted by atomic mass is 9.71. The predicted molar refractivity (Wildman–Crippen MR) is 72.6 cm³/mol. The smallest absolute Gasteiger partial charge is 0.310 e. The third-order valence-corrected chi connectivity index (χ3v) is 5.13. The molecule has 0 bridgehead atoms. The molecule has 3 nitrogen and oxygen atoms in total. The van der Waals surface area contributed by atoms with Crippen molar-refractivity contribution in [1.82, 2.24) is 4.90 Å². The van der Waals surface area contributed by atoms with Crippen LogP contribution in [0, 0.1) is 10.8 Å². The highest BCUT2D eigenvalue weighted by Crippen LogP contribution is 2.41. The van der Waals surface area contributed by atoms with Crippen molar-refractivity contribution < 1.29 is 9.90 Å². The van der Waals surface area contributed by atoms with E-state index in [0.29, 0.717) is 11.5 Å². The fourth-order valence-corrected chi connectivity index (χ4v) is 3.87. The first-order chi connectivity index (χ1) is 8.35. The third kappa shape index (κ3) is 2.56. The lowest BCUT2D eigenvalue weighted by Gasteiger charge is -2.49. The van der Waals surface area contributed by atoms with E-state index < -0.39 is 11.4 Å². The number of likely N-dealkylation sites (tertiary alicyclic amines) is 1. The van der Waals surface area contributed by atoms with E-state index in [1.807, 2.05) is 6.92 Å². The predicted octanol–water partition coefficient (Wildman–Crippen LogP) is 3.14. The zero-order valence-electron chi connectivity index (χ0n) is 12.0. The van der Waals surface area contributed by atoms with Crippen LogP contribution in [-0.4, -0.2) is 35.1 Å². The van der Waals surface area contributed by atoms with E-state index in [9.17, 15) is 9.90 Å². The van der Waals surface area contributed by atoms with E-state index in [1.165, 1.54) is 25.7 Å². The summed E-state index contributed by atoms with van der Waals surface area (Å²) in [6.07, 6.45) is 6.99. The van der Waals surface area contributed by atoms with Crippen LogP contribution >= 0.6 is 0 Å². The van der Waals surface area contributed by atoms with Crippen LogP contribution in [0.1, 0.15) is 59.3 Å². The highest BCUT2D eigenvalue weighted by atomic mass is 16.4. The van der Waals surface area contributed by atoms with Gasteiger partial charge in [-0.1, -0.05) is 26.7 Å². The fourth-order valence-electron chi connectivity index (χ4n) is 3.87. The number of hydrogen-bond acceptors (Lipinski definition) is 2. The Morgan fingerprint density at radius 2 is 1.89 bits per heavy atom. The van der Waals surface area contributed by atoms with Gasteiger partial charge in [-0.25, -0.2) is 0 Å². The number of nitrogens with zero attached hydrogens (tertiary/aromatic N) is 1. The molecular weight excluding hydrogens is 226 g/mol. The van der Waals surface area contributed by atoms with Crippen molar-refractivity contribution in [3.8, 4) is 0 Å². The lowest BCUT2D eigenvalue weighted by Crippen LogP contribution is -2.55. The molecule has 3 heteroatoms. The normalized spacial score (nSPS) is 37.4. The van der Waals surface area contributed by atoms with Gasteiger partial charge in [0.1, 0.15) is 0 Å². The number of carboxylic acids is 1. The van der Waals surface area contributed by atoms with E-state index in [-0.39, 0.29) is 0 Å². The third-order valence-electron chi connectivity index (χ3n) is 5.13. The average Bonchev–Trinajstić information content (AvgIpc) is 2.28. The molecule has 18 heavy (non-hydrogen) atoms. The fraction of sp³-hybridized carbons (Fsp3) is 0.933. The molecule has 0 aromatic rings. The Labute approximate surface area is 111 Å². The Bertz CT molecular complexity index is 326. The molecule has 1 aliphatic carbocycles. The number of carboxylic acid groups (broad SMARTS) is 1. The van der Waals surface area contributed by atoms with Crippen LogP contribution in [0.2, 0.25) is 0 Å². The molecule has 2 fully saturated rings. The summed E-state index contributed by atoms with van der Waals surface area (Å²) in [7, 11) is 0. The molecule has 0 spiro atoms. The zero-order chi connectivity index (χ0) is 13.4. The summed E-state index contributed by atoms with van der Waals surface area (Å²) in [5.74, 6) is -0.624. The van der Waals surface area contributed by atoms with Gasteiger partial charge in [0, 0.05) is 12.6 Å². The summed E-state index contributed by atoms with van der Waals surface area (Å²) < 4.78 is 0. The molecule has 2 aliphatic rings. The molecule has 0 amide bonds. The van der Waals surface area contributed by atoms with Gasteiger partial charge in [0.25, 0.3) is 0 Å². The molecule has 0 aromatic heterocycles. The molecule has 1 N–H and O–H groups in total. The highest BCUT2D eigenvalue weighted by Gasteiger charge is 2.43. The Morgan fingerprint density at radius 1 is 1.17 bits per heavy atom. The van der Waals surface area contributed by atoms with E-state index >= 15 is 0 Å². The maximum Gasteiger partial charge on any atom is 0.310 e. The van der Waals surface area contributed by atoms with Crippen molar-refractivity contribution in [1.29, 1.82) is 0 Å². The molecule has 0 radical (unpaired) electrons. The molecule has 104 valence electrons. The first kappa shape index (κ1) is 13.9. The second-order valence-electron chi connectivity index (χ2n) is 7.19. The Hall–Kier alpha value is -0.570. The topological polar surface area (TPSA) is 40.5 Å². The minimum Gasteiger partial charge on any atom is -0.481 e. The van der Waals surface area contributed by atoms with E-state index in [4.69, 9.17) is 0 Å². The molecule has 1 saturated carbocycles. The van der Waals surface area contributed by atoms with Crippen LogP contribution in [0.3, 0.4) is 0 Å². The molecule has 1 heterocycles. The lowest BCUT2D eigenvalue weighted by molar-refractivity contribution is -0.153. The second-order valence-corrected chi connectivity index (χ2v) is 7.19. The Kier molecular flexibility index (Phi) is 3.72. The molecule has 2 unspecified atom stereocenters. The second kappa shape index (κ2) is 4.84. The summed E-state index contributed by atoms with van der Waals surface area (Å²) in [6.45, 7) is 8.43. The molecule has 1 saturated heterocycles. The van der Waals surface area contributed by atoms with Gasteiger partial charge in [0.05, 0.1) is 5.41 Å². The van der Waals surface area contributed by atoms with Gasteiger partial charge in [0.2, 0.25) is 0 Å². The van der Waals surface area contributed by atoms with Crippen LogP contribution < -0.4 is 0 Å². The maximum atomic E-state index is 11.4. The summed E-state index contributed by atoms with van der Waals surface area (Å²) in [6, 6.07) is 0.574.